The van der Waals surface area contributed by atoms with Gasteiger partial charge in [0.25, 0.3) is 0 Å². The van der Waals surface area contributed by atoms with E-state index in [2.05, 4.69) is 5.32 Å². The average Bonchev–Trinajstić information content (AvgIpc) is 2.97. The van der Waals surface area contributed by atoms with Crippen LogP contribution in [0.25, 0.3) is 0 Å². The Morgan fingerprint density at radius 1 is 0.850 bits per heavy atom. The van der Waals surface area contributed by atoms with Crippen molar-refractivity contribution in [3.05, 3.63) is 107 Å². The summed E-state index contributed by atoms with van der Waals surface area (Å²) in [6, 6.07) is 21.2. The number of benzene rings is 3. The molecule has 7 nitrogen and oxygen atoms in total. The van der Waals surface area contributed by atoms with Crippen molar-refractivity contribution in [2.75, 3.05) is 27.6 Å². The topological polar surface area (TPSA) is 75.3 Å². The van der Waals surface area contributed by atoms with Gasteiger partial charge in [0, 0.05) is 32.8 Å². The number of rotatable bonds is 16. The lowest BCUT2D eigenvalue weighted by Crippen LogP contribution is -2.52. The van der Waals surface area contributed by atoms with E-state index in [0.717, 1.165) is 11.1 Å². The van der Waals surface area contributed by atoms with E-state index in [9.17, 15) is 13.6 Å². The number of hydrogen-bond acceptors (Lipinski definition) is 6. The number of aryl methyl sites for hydroxylation is 1. The molecule has 3 aromatic carbocycles. The highest BCUT2D eigenvalue weighted by molar-refractivity contribution is 5.68. The van der Waals surface area contributed by atoms with Gasteiger partial charge < -0.3 is 23.7 Å². The average molecular weight is 558 g/mol. The van der Waals surface area contributed by atoms with Gasteiger partial charge in [0.2, 0.25) is 0 Å². The molecule has 3 aromatic rings. The number of hydrogen-bond donors (Lipinski definition) is 1. The predicted molar refractivity (Wildman–Crippen MR) is 146 cm³/mol. The fourth-order valence-corrected chi connectivity index (χ4v) is 4.35. The molecule has 40 heavy (non-hydrogen) atoms. The normalized spacial score (nSPS) is 14.2. The molecule has 3 rings (SSSR count). The van der Waals surface area contributed by atoms with Gasteiger partial charge >= 0.3 is 6.09 Å². The van der Waals surface area contributed by atoms with Crippen molar-refractivity contribution in [1.82, 2.24) is 5.32 Å². The Hall–Kier alpha value is -3.37. The van der Waals surface area contributed by atoms with Crippen molar-refractivity contribution in [3.63, 3.8) is 0 Å². The number of methoxy groups -OCH3 is 2. The highest BCUT2D eigenvalue weighted by Gasteiger charge is 2.41. The molecule has 0 aliphatic carbocycles. The van der Waals surface area contributed by atoms with Crippen molar-refractivity contribution < 1.29 is 37.3 Å². The highest BCUT2D eigenvalue weighted by Crippen LogP contribution is 2.32. The second-order valence-corrected chi connectivity index (χ2v) is 9.19. The van der Waals surface area contributed by atoms with Gasteiger partial charge in [-0.05, 0) is 55.2 Å². The first-order valence-corrected chi connectivity index (χ1v) is 13.2. The van der Waals surface area contributed by atoms with Crippen LogP contribution in [0.5, 0.6) is 0 Å². The fourth-order valence-electron chi connectivity index (χ4n) is 4.35. The van der Waals surface area contributed by atoms with Crippen LogP contribution >= 0.6 is 0 Å². The molecule has 9 heteroatoms. The summed E-state index contributed by atoms with van der Waals surface area (Å²) in [5.74, 6) is -0.742. The van der Waals surface area contributed by atoms with Crippen LogP contribution in [0.3, 0.4) is 0 Å². The Morgan fingerprint density at radius 2 is 1.48 bits per heavy atom. The van der Waals surface area contributed by atoms with E-state index < -0.39 is 29.8 Å². The third-order valence-electron chi connectivity index (χ3n) is 6.56. The molecular weight excluding hydrogens is 520 g/mol. The van der Waals surface area contributed by atoms with Crippen LogP contribution in [-0.4, -0.2) is 45.9 Å². The second-order valence-electron chi connectivity index (χ2n) is 9.19. The van der Waals surface area contributed by atoms with Crippen LogP contribution in [0.2, 0.25) is 0 Å². The summed E-state index contributed by atoms with van der Waals surface area (Å²) in [5, 5.41) is 2.86. The Kier molecular flexibility index (Phi) is 12.5. The molecule has 0 saturated carbocycles. The standard InChI is InChI=1S/C31H37F2NO6/c1-4-38-22-40-31(25-13-17-27(33)18-14-25,34-30(35)39-21-24-8-6-5-7-9-24)20-29(37-3)28(36-2)19-12-23-10-15-26(32)16-11-23/h5-11,13-18,28-29H,4,12,19-22H2,1-3H3,(H,34,35). The van der Waals surface area contributed by atoms with Gasteiger partial charge in [0.1, 0.15) is 25.0 Å². The van der Waals surface area contributed by atoms with Gasteiger partial charge in [-0.25, -0.2) is 13.6 Å². The number of amides is 1. The minimum absolute atomic E-state index is 0.0453. The molecule has 0 aliphatic rings. The molecule has 0 spiro atoms. The predicted octanol–water partition coefficient (Wildman–Crippen LogP) is 6.11. The molecule has 0 saturated heterocycles. The Balaban J connectivity index is 1.87. The number of carbonyl (C=O) groups excluding carboxylic acids is 1. The summed E-state index contributed by atoms with van der Waals surface area (Å²) in [5.41, 5.74) is 0.721. The van der Waals surface area contributed by atoms with E-state index in [1.165, 1.54) is 36.4 Å². The quantitative estimate of drug-likeness (QED) is 0.169. The van der Waals surface area contributed by atoms with Crippen molar-refractivity contribution in [2.24, 2.45) is 0 Å². The monoisotopic (exact) mass is 557 g/mol. The second kappa shape index (κ2) is 16.0. The molecule has 3 unspecified atom stereocenters. The molecule has 0 fully saturated rings. The lowest BCUT2D eigenvalue weighted by atomic mass is 9.91. The minimum atomic E-state index is -1.51. The Bertz CT molecular complexity index is 1150. The van der Waals surface area contributed by atoms with E-state index in [-0.39, 0.29) is 25.6 Å². The summed E-state index contributed by atoms with van der Waals surface area (Å²) < 4.78 is 56.1. The third-order valence-corrected chi connectivity index (χ3v) is 6.56. The molecular formula is C31H37F2NO6. The van der Waals surface area contributed by atoms with Crippen LogP contribution in [0.4, 0.5) is 13.6 Å². The van der Waals surface area contributed by atoms with Crippen LogP contribution in [0.1, 0.15) is 36.5 Å². The number of carbonyl (C=O) groups is 1. The zero-order chi connectivity index (χ0) is 28.8. The van der Waals surface area contributed by atoms with Gasteiger partial charge in [-0.15, -0.1) is 0 Å². The van der Waals surface area contributed by atoms with E-state index in [0.29, 0.717) is 25.0 Å². The van der Waals surface area contributed by atoms with Gasteiger partial charge in [0.15, 0.2) is 5.72 Å². The zero-order valence-electron chi connectivity index (χ0n) is 23.1. The molecule has 1 amide bonds. The van der Waals surface area contributed by atoms with E-state index in [4.69, 9.17) is 23.7 Å². The van der Waals surface area contributed by atoms with Gasteiger partial charge in [0.05, 0.1) is 12.2 Å². The first kappa shape index (κ1) is 31.2. The van der Waals surface area contributed by atoms with Gasteiger partial charge in [-0.1, -0.05) is 54.6 Å². The lowest BCUT2D eigenvalue weighted by Gasteiger charge is -2.38. The highest BCUT2D eigenvalue weighted by atomic mass is 19.1. The van der Waals surface area contributed by atoms with E-state index in [1.807, 2.05) is 37.3 Å². The molecule has 216 valence electrons. The first-order chi connectivity index (χ1) is 19.4. The smallest absolute Gasteiger partial charge is 0.409 e. The number of ether oxygens (including phenoxy) is 5. The minimum Gasteiger partial charge on any atom is -0.445 e. The maximum Gasteiger partial charge on any atom is 0.409 e. The summed E-state index contributed by atoms with van der Waals surface area (Å²) in [6.45, 7) is 2.09. The van der Waals surface area contributed by atoms with Crippen LogP contribution in [0.15, 0.2) is 78.9 Å². The van der Waals surface area contributed by atoms with E-state index in [1.54, 1.807) is 26.4 Å². The fraction of sp³-hybridized carbons (Fsp3) is 0.387. The Labute approximate surface area is 234 Å². The maximum atomic E-state index is 13.9. The summed E-state index contributed by atoms with van der Waals surface area (Å²) >= 11 is 0. The largest absolute Gasteiger partial charge is 0.445 e. The molecule has 3 atom stereocenters. The van der Waals surface area contributed by atoms with Crippen molar-refractivity contribution in [3.8, 4) is 0 Å². The van der Waals surface area contributed by atoms with Gasteiger partial charge in [-0.3, -0.25) is 5.32 Å². The molecule has 1 N–H and O–H groups in total. The molecule has 0 aromatic heterocycles. The van der Waals surface area contributed by atoms with Crippen molar-refractivity contribution in [2.45, 2.75) is 50.7 Å². The van der Waals surface area contributed by atoms with Crippen LogP contribution < -0.4 is 5.32 Å². The van der Waals surface area contributed by atoms with Crippen LogP contribution in [0, 0.1) is 11.6 Å². The summed E-state index contributed by atoms with van der Waals surface area (Å²) in [7, 11) is 3.11. The zero-order valence-corrected chi connectivity index (χ0v) is 23.1. The number of halogens is 2. The number of alkyl carbamates (subject to hydrolysis) is 1. The Morgan fingerprint density at radius 3 is 2.08 bits per heavy atom. The summed E-state index contributed by atoms with van der Waals surface area (Å²) in [6.07, 6.45) is -0.498. The molecule has 0 aliphatic heterocycles. The third kappa shape index (κ3) is 9.38. The summed E-state index contributed by atoms with van der Waals surface area (Å²) in [4.78, 5) is 13.1. The van der Waals surface area contributed by atoms with Gasteiger partial charge in [-0.2, -0.15) is 0 Å². The maximum absolute atomic E-state index is 13.9. The van der Waals surface area contributed by atoms with Crippen LogP contribution in [-0.2, 0) is 42.4 Å². The first-order valence-electron chi connectivity index (χ1n) is 13.2. The van der Waals surface area contributed by atoms with E-state index >= 15 is 0 Å². The molecule has 0 bridgehead atoms. The molecule has 0 radical (unpaired) electrons. The lowest BCUT2D eigenvalue weighted by molar-refractivity contribution is -0.182. The number of nitrogens with one attached hydrogen (secondary N) is 1. The molecule has 0 heterocycles. The SMILES string of the molecule is CCOCOC(CC(OC)C(CCc1ccc(F)cc1)OC)(NC(=O)OCc1ccccc1)c1ccc(F)cc1. The van der Waals surface area contributed by atoms with Crippen molar-refractivity contribution in [1.29, 1.82) is 0 Å². The van der Waals surface area contributed by atoms with Crippen molar-refractivity contribution >= 4 is 6.09 Å².